The highest BCUT2D eigenvalue weighted by Crippen LogP contribution is 2.49. The van der Waals surface area contributed by atoms with Gasteiger partial charge in [-0.2, -0.15) is 0 Å². The van der Waals surface area contributed by atoms with E-state index in [1.165, 1.54) is 43.2 Å². The summed E-state index contributed by atoms with van der Waals surface area (Å²) in [5.74, 6) is 1.70. The topological polar surface area (TPSA) is 35.2 Å². The van der Waals surface area contributed by atoms with Gasteiger partial charge in [-0.3, -0.25) is 0 Å². The number of ether oxygens (including phenoxy) is 1. The minimum absolute atomic E-state index is 0.00861. The second kappa shape index (κ2) is 4.82. The fraction of sp³-hybridized carbons (Fsp3) is 0.647. The Morgan fingerprint density at radius 2 is 2.21 bits per heavy atom. The summed E-state index contributed by atoms with van der Waals surface area (Å²) in [6.45, 7) is 4.41. The summed E-state index contributed by atoms with van der Waals surface area (Å²) >= 11 is 0. The molecule has 1 aromatic carbocycles. The van der Waals surface area contributed by atoms with Crippen LogP contribution in [0.4, 0.5) is 0 Å². The van der Waals surface area contributed by atoms with E-state index in [9.17, 15) is 0 Å². The van der Waals surface area contributed by atoms with Gasteiger partial charge in [0, 0.05) is 18.0 Å². The van der Waals surface area contributed by atoms with Crippen LogP contribution in [0.5, 0.6) is 5.75 Å². The van der Waals surface area contributed by atoms with E-state index in [1.54, 1.807) is 0 Å². The van der Waals surface area contributed by atoms with Gasteiger partial charge < -0.3 is 10.5 Å². The van der Waals surface area contributed by atoms with Crippen LogP contribution in [0.3, 0.4) is 0 Å². The molecule has 1 aliphatic heterocycles. The summed E-state index contributed by atoms with van der Waals surface area (Å²) < 4.78 is 6.51. The average Bonchev–Trinajstić information content (AvgIpc) is 2.40. The second-order valence-electron chi connectivity index (χ2n) is 6.37. The predicted molar refractivity (Wildman–Crippen MR) is 78.3 cm³/mol. The number of nitrogens with two attached hydrogens (primary N) is 1. The number of benzene rings is 1. The molecular formula is C17H25NO. The Kier molecular flexibility index (Phi) is 3.30. The lowest BCUT2D eigenvalue weighted by Gasteiger charge is -2.48. The first kappa shape index (κ1) is 13.0. The highest BCUT2D eigenvalue weighted by Gasteiger charge is 2.46. The molecule has 1 aliphatic carbocycles. The molecule has 2 heteroatoms. The van der Waals surface area contributed by atoms with Crippen molar-refractivity contribution in [3.05, 3.63) is 29.3 Å². The number of hydrogen-bond donors (Lipinski definition) is 1. The van der Waals surface area contributed by atoms with Gasteiger partial charge in [-0.05, 0) is 44.6 Å². The Hall–Kier alpha value is -1.02. The van der Waals surface area contributed by atoms with Crippen molar-refractivity contribution in [2.75, 3.05) is 0 Å². The van der Waals surface area contributed by atoms with Crippen LogP contribution >= 0.6 is 0 Å². The Balaban J connectivity index is 1.97. The molecule has 0 bridgehead atoms. The molecule has 104 valence electrons. The molecule has 1 spiro atoms. The highest BCUT2D eigenvalue weighted by atomic mass is 16.5. The smallest absolute Gasteiger partial charge is 0.124 e. The van der Waals surface area contributed by atoms with Crippen LogP contribution in [0, 0.1) is 12.8 Å². The first-order valence-electron chi connectivity index (χ1n) is 7.70. The van der Waals surface area contributed by atoms with Crippen LogP contribution in [-0.4, -0.2) is 5.60 Å². The molecule has 2 N–H and O–H groups in total. The molecule has 0 radical (unpaired) electrons. The molecule has 1 aromatic rings. The molecule has 0 aromatic heterocycles. The summed E-state index contributed by atoms with van der Waals surface area (Å²) in [5.41, 5.74) is 8.93. The van der Waals surface area contributed by atoms with Gasteiger partial charge in [0.1, 0.15) is 11.4 Å². The normalized spacial score (nSPS) is 33.8. The van der Waals surface area contributed by atoms with E-state index < -0.39 is 0 Å². The van der Waals surface area contributed by atoms with E-state index in [0.717, 1.165) is 12.2 Å². The minimum Gasteiger partial charge on any atom is -0.487 e. The Bertz CT molecular complexity index is 470. The fourth-order valence-electron chi connectivity index (χ4n) is 4.05. The van der Waals surface area contributed by atoms with Crippen molar-refractivity contribution < 1.29 is 4.74 Å². The van der Waals surface area contributed by atoms with Gasteiger partial charge >= 0.3 is 0 Å². The molecule has 2 aliphatic rings. The van der Waals surface area contributed by atoms with Crippen molar-refractivity contribution in [3.63, 3.8) is 0 Å². The summed E-state index contributed by atoms with van der Waals surface area (Å²) in [7, 11) is 0. The maximum absolute atomic E-state index is 6.51. The third-order valence-electron chi connectivity index (χ3n) is 5.08. The van der Waals surface area contributed by atoms with Crippen LogP contribution in [-0.2, 0) is 0 Å². The lowest BCUT2D eigenvalue weighted by molar-refractivity contribution is -0.0490. The number of hydrogen-bond acceptors (Lipinski definition) is 2. The zero-order valence-corrected chi connectivity index (χ0v) is 12.1. The van der Waals surface area contributed by atoms with Gasteiger partial charge in [0.25, 0.3) is 0 Å². The monoisotopic (exact) mass is 259 g/mol. The zero-order valence-electron chi connectivity index (χ0n) is 12.1. The lowest BCUT2D eigenvalue weighted by atomic mass is 9.69. The van der Waals surface area contributed by atoms with Gasteiger partial charge in [-0.25, -0.2) is 0 Å². The first-order valence-corrected chi connectivity index (χ1v) is 7.70. The molecule has 2 unspecified atom stereocenters. The maximum atomic E-state index is 6.51. The predicted octanol–water partition coefficient (Wildman–Crippen LogP) is 4.12. The van der Waals surface area contributed by atoms with Crippen molar-refractivity contribution >= 4 is 0 Å². The fourth-order valence-corrected chi connectivity index (χ4v) is 4.05. The summed E-state index contributed by atoms with van der Waals surface area (Å²) in [6, 6.07) is 6.58. The van der Waals surface area contributed by atoms with E-state index in [2.05, 4.69) is 32.0 Å². The van der Waals surface area contributed by atoms with Gasteiger partial charge in [0.2, 0.25) is 0 Å². The molecule has 0 saturated heterocycles. The summed E-state index contributed by atoms with van der Waals surface area (Å²) in [6.07, 6.45) is 7.29. The van der Waals surface area contributed by atoms with Crippen LogP contribution in [0.15, 0.2) is 18.2 Å². The van der Waals surface area contributed by atoms with Gasteiger partial charge in [-0.15, -0.1) is 0 Å². The molecule has 1 heterocycles. The third kappa shape index (κ3) is 2.16. The van der Waals surface area contributed by atoms with E-state index in [0.29, 0.717) is 5.92 Å². The molecule has 3 atom stereocenters. The van der Waals surface area contributed by atoms with E-state index in [-0.39, 0.29) is 11.6 Å². The van der Waals surface area contributed by atoms with Crippen LogP contribution in [0.1, 0.15) is 62.6 Å². The average molecular weight is 259 g/mol. The summed E-state index contributed by atoms with van der Waals surface area (Å²) in [5, 5.41) is 0. The standard InChI is InChI=1S/C17H25NO/c1-3-13-6-4-5-9-17(13)11-15(18)14-10-12(2)7-8-16(14)19-17/h7-8,10,13,15H,3-6,9,11,18H2,1-2H3/t13?,15-,17?/m1/s1. The third-order valence-corrected chi connectivity index (χ3v) is 5.08. The SMILES string of the molecule is CCC1CCCCC12C[C@@H](N)c1cc(C)ccc1O2. The van der Waals surface area contributed by atoms with Gasteiger partial charge in [0.05, 0.1) is 0 Å². The quantitative estimate of drug-likeness (QED) is 0.823. The Morgan fingerprint density at radius 1 is 1.37 bits per heavy atom. The zero-order chi connectivity index (χ0) is 13.5. The second-order valence-corrected chi connectivity index (χ2v) is 6.37. The molecule has 19 heavy (non-hydrogen) atoms. The van der Waals surface area contributed by atoms with E-state index in [1.807, 2.05) is 0 Å². The van der Waals surface area contributed by atoms with Crippen LogP contribution in [0.25, 0.3) is 0 Å². The first-order chi connectivity index (χ1) is 9.14. The number of aryl methyl sites for hydroxylation is 1. The molecule has 0 amide bonds. The Labute approximate surface area is 116 Å². The van der Waals surface area contributed by atoms with Crippen molar-refractivity contribution in [2.24, 2.45) is 11.7 Å². The highest BCUT2D eigenvalue weighted by molar-refractivity contribution is 5.41. The van der Waals surface area contributed by atoms with Crippen molar-refractivity contribution in [1.29, 1.82) is 0 Å². The van der Waals surface area contributed by atoms with Crippen LogP contribution < -0.4 is 10.5 Å². The van der Waals surface area contributed by atoms with Crippen molar-refractivity contribution in [3.8, 4) is 5.75 Å². The molecule has 1 saturated carbocycles. The van der Waals surface area contributed by atoms with Crippen LogP contribution in [0.2, 0.25) is 0 Å². The van der Waals surface area contributed by atoms with Crippen molar-refractivity contribution in [1.82, 2.24) is 0 Å². The van der Waals surface area contributed by atoms with Crippen molar-refractivity contribution in [2.45, 2.75) is 64.0 Å². The lowest BCUT2D eigenvalue weighted by Crippen LogP contribution is -2.50. The maximum Gasteiger partial charge on any atom is 0.124 e. The van der Waals surface area contributed by atoms with E-state index in [4.69, 9.17) is 10.5 Å². The largest absolute Gasteiger partial charge is 0.487 e. The Morgan fingerprint density at radius 3 is 3.00 bits per heavy atom. The number of rotatable bonds is 1. The number of fused-ring (bicyclic) bond motifs is 1. The van der Waals surface area contributed by atoms with Gasteiger partial charge in [0.15, 0.2) is 0 Å². The molecule has 2 nitrogen and oxygen atoms in total. The molecule has 3 rings (SSSR count). The summed E-state index contributed by atoms with van der Waals surface area (Å²) in [4.78, 5) is 0. The molecular weight excluding hydrogens is 234 g/mol. The van der Waals surface area contributed by atoms with Gasteiger partial charge in [-0.1, -0.05) is 31.0 Å². The minimum atomic E-state index is 0.00861. The van der Waals surface area contributed by atoms with E-state index >= 15 is 0 Å². The molecule has 1 fully saturated rings.